The van der Waals surface area contributed by atoms with Crippen molar-refractivity contribution in [1.82, 2.24) is 0 Å². The summed E-state index contributed by atoms with van der Waals surface area (Å²) in [7, 11) is 0. The monoisotopic (exact) mass is 368 g/mol. The molecule has 0 saturated carbocycles. The van der Waals surface area contributed by atoms with E-state index in [9.17, 15) is 24.1 Å². The van der Waals surface area contributed by atoms with Crippen molar-refractivity contribution in [3.63, 3.8) is 0 Å². The van der Waals surface area contributed by atoms with Crippen LogP contribution < -0.4 is 4.90 Å². The number of nitro groups is 1. The summed E-state index contributed by atoms with van der Waals surface area (Å²) >= 11 is 0. The largest absolute Gasteiger partial charge is 0.456 e. The maximum absolute atomic E-state index is 13.6. The van der Waals surface area contributed by atoms with Crippen molar-refractivity contribution < 1.29 is 23.6 Å². The molecule has 0 N–H and O–H groups in total. The molecule has 0 aromatic heterocycles. The Morgan fingerprint density at radius 3 is 2.56 bits per heavy atom. The van der Waals surface area contributed by atoms with Gasteiger partial charge >= 0.3 is 5.97 Å². The number of benzene rings is 2. The lowest BCUT2D eigenvalue weighted by atomic mass is 9.84. The Bertz CT molecular complexity index is 999. The number of hydrogen-bond acceptors (Lipinski definition) is 5. The van der Waals surface area contributed by atoms with Crippen LogP contribution in [0.2, 0.25) is 0 Å². The van der Waals surface area contributed by atoms with Crippen LogP contribution in [0.1, 0.15) is 17.9 Å². The average molecular weight is 368 g/mol. The third-order valence-corrected chi connectivity index (χ3v) is 4.69. The number of non-ortho nitro benzene ring substituents is 1. The molecule has 2 aromatic carbocycles. The Labute approximate surface area is 152 Å². The number of nitrogens with zero attached hydrogens (tertiary/aromatic N) is 2. The van der Waals surface area contributed by atoms with Crippen molar-refractivity contribution in [2.45, 2.75) is 12.3 Å². The molecule has 8 heteroatoms. The summed E-state index contributed by atoms with van der Waals surface area (Å²) in [6.07, 6.45) is -0.0255. The highest BCUT2D eigenvalue weighted by Gasteiger charge is 2.43. The van der Waals surface area contributed by atoms with E-state index in [1.165, 1.54) is 47.4 Å². The fourth-order valence-corrected chi connectivity index (χ4v) is 3.48. The Morgan fingerprint density at radius 1 is 1.15 bits per heavy atom. The molecule has 4 rings (SSSR count). The van der Waals surface area contributed by atoms with Gasteiger partial charge in [0.2, 0.25) is 5.91 Å². The minimum absolute atomic E-state index is 0.0255. The van der Waals surface area contributed by atoms with Crippen molar-refractivity contribution >= 4 is 23.3 Å². The number of esters is 1. The van der Waals surface area contributed by atoms with Crippen LogP contribution in [0.25, 0.3) is 0 Å². The molecule has 7 nitrogen and oxygen atoms in total. The van der Waals surface area contributed by atoms with E-state index >= 15 is 0 Å². The number of carbonyl (C=O) groups excluding carboxylic acids is 2. The standard InChI is InChI=1S/C19H13FN2O5/c20-12-2-1-3-14(8-12)21-16-10-27-19(24)18(16)15(9-17(21)23)11-4-6-13(7-5-11)22(25)26/h1-8,15H,9-10H2. The number of ether oxygens (including phenoxy) is 1. The molecule has 0 fully saturated rings. The van der Waals surface area contributed by atoms with E-state index in [2.05, 4.69) is 0 Å². The molecule has 0 bridgehead atoms. The number of cyclic esters (lactones) is 1. The van der Waals surface area contributed by atoms with Crippen LogP contribution in [-0.4, -0.2) is 23.4 Å². The van der Waals surface area contributed by atoms with Crippen molar-refractivity contribution in [2.75, 3.05) is 11.5 Å². The lowest BCUT2D eigenvalue weighted by molar-refractivity contribution is -0.384. The molecule has 0 spiro atoms. The van der Waals surface area contributed by atoms with E-state index in [0.717, 1.165) is 0 Å². The zero-order valence-electron chi connectivity index (χ0n) is 13.9. The molecule has 1 unspecified atom stereocenters. The van der Waals surface area contributed by atoms with Crippen LogP contribution in [0.3, 0.4) is 0 Å². The van der Waals surface area contributed by atoms with Gasteiger partial charge in [0.05, 0.1) is 21.9 Å². The predicted molar refractivity (Wildman–Crippen MR) is 92.3 cm³/mol. The van der Waals surface area contributed by atoms with Crippen molar-refractivity contribution in [3.05, 3.63) is 81.3 Å². The van der Waals surface area contributed by atoms with Gasteiger partial charge in [0.15, 0.2) is 0 Å². The Balaban J connectivity index is 1.79. The predicted octanol–water partition coefficient (Wildman–Crippen LogP) is 3.07. The summed E-state index contributed by atoms with van der Waals surface area (Å²) in [6.45, 7) is -0.0834. The van der Waals surface area contributed by atoms with Gasteiger partial charge in [-0.15, -0.1) is 0 Å². The zero-order valence-corrected chi connectivity index (χ0v) is 13.9. The van der Waals surface area contributed by atoms with Crippen LogP contribution in [0.5, 0.6) is 0 Å². The lowest BCUT2D eigenvalue weighted by Crippen LogP contribution is -2.37. The van der Waals surface area contributed by atoms with Crippen LogP contribution in [-0.2, 0) is 14.3 Å². The van der Waals surface area contributed by atoms with E-state index in [0.29, 0.717) is 22.5 Å². The van der Waals surface area contributed by atoms with Gasteiger partial charge in [-0.05, 0) is 23.8 Å². The molecule has 1 atom stereocenters. The van der Waals surface area contributed by atoms with E-state index in [4.69, 9.17) is 4.74 Å². The minimum Gasteiger partial charge on any atom is -0.456 e. The second-order valence-electron chi connectivity index (χ2n) is 6.25. The molecular formula is C19H13FN2O5. The van der Waals surface area contributed by atoms with Gasteiger partial charge in [-0.3, -0.25) is 19.8 Å². The highest BCUT2D eigenvalue weighted by Crippen LogP contribution is 2.42. The molecule has 2 heterocycles. The first-order valence-corrected chi connectivity index (χ1v) is 8.19. The Morgan fingerprint density at radius 2 is 1.89 bits per heavy atom. The molecule has 27 heavy (non-hydrogen) atoms. The van der Waals surface area contributed by atoms with E-state index in [1.807, 2.05) is 0 Å². The van der Waals surface area contributed by atoms with E-state index in [1.54, 1.807) is 6.07 Å². The van der Waals surface area contributed by atoms with Gasteiger partial charge in [-0.1, -0.05) is 18.2 Å². The first kappa shape index (κ1) is 16.9. The molecule has 2 aliphatic rings. The summed E-state index contributed by atoms with van der Waals surface area (Å²) in [5, 5.41) is 10.8. The number of nitro benzene ring substituents is 1. The summed E-state index contributed by atoms with van der Waals surface area (Å²) < 4.78 is 18.7. The molecule has 136 valence electrons. The Kier molecular flexibility index (Phi) is 3.95. The topological polar surface area (TPSA) is 89.7 Å². The van der Waals surface area contributed by atoms with Crippen molar-refractivity contribution in [1.29, 1.82) is 0 Å². The first-order valence-electron chi connectivity index (χ1n) is 8.19. The number of carbonyl (C=O) groups is 2. The molecule has 1 amide bonds. The zero-order chi connectivity index (χ0) is 19.1. The normalized spacial score (nSPS) is 19.1. The van der Waals surface area contributed by atoms with Gasteiger partial charge in [-0.25, -0.2) is 9.18 Å². The molecular weight excluding hydrogens is 355 g/mol. The average Bonchev–Trinajstić information content (AvgIpc) is 3.02. The summed E-state index contributed by atoms with van der Waals surface area (Å²) in [4.78, 5) is 36.8. The second-order valence-corrected chi connectivity index (χ2v) is 6.25. The van der Waals surface area contributed by atoms with Crippen LogP contribution in [0.4, 0.5) is 15.8 Å². The fourth-order valence-electron chi connectivity index (χ4n) is 3.48. The van der Waals surface area contributed by atoms with Crippen LogP contribution in [0, 0.1) is 15.9 Å². The maximum Gasteiger partial charge on any atom is 0.336 e. The van der Waals surface area contributed by atoms with Gasteiger partial charge < -0.3 is 4.74 Å². The third kappa shape index (κ3) is 2.84. The van der Waals surface area contributed by atoms with Crippen molar-refractivity contribution in [3.8, 4) is 0 Å². The third-order valence-electron chi connectivity index (χ3n) is 4.69. The van der Waals surface area contributed by atoms with Gasteiger partial charge in [0, 0.05) is 24.5 Å². The smallest absolute Gasteiger partial charge is 0.336 e. The van der Waals surface area contributed by atoms with Gasteiger partial charge in [0.25, 0.3) is 5.69 Å². The van der Waals surface area contributed by atoms with Crippen LogP contribution in [0.15, 0.2) is 59.8 Å². The molecule has 2 aromatic rings. The number of rotatable bonds is 3. The molecule has 0 radical (unpaired) electrons. The number of anilines is 1. The first-order chi connectivity index (χ1) is 13.0. The van der Waals surface area contributed by atoms with Crippen molar-refractivity contribution in [2.24, 2.45) is 0 Å². The van der Waals surface area contributed by atoms with Crippen LogP contribution >= 0.6 is 0 Å². The SMILES string of the molecule is O=C1OCC2=C1C(c1ccc([N+](=O)[O-])cc1)CC(=O)N2c1cccc(F)c1. The quantitative estimate of drug-likeness (QED) is 0.472. The Hall–Kier alpha value is -3.55. The molecule has 0 aliphatic carbocycles. The molecule has 2 aliphatic heterocycles. The summed E-state index contributed by atoms with van der Waals surface area (Å²) in [5.41, 5.74) is 1.57. The van der Waals surface area contributed by atoms with E-state index < -0.39 is 22.6 Å². The minimum atomic E-state index is -0.562. The maximum atomic E-state index is 13.6. The highest BCUT2D eigenvalue weighted by atomic mass is 19.1. The number of hydrogen-bond donors (Lipinski definition) is 0. The lowest BCUT2D eigenvalue weighted by Gasteiger charge is -2.31. The number of amides is 1. The second kappa shape index (κ2) is 6.31. The fraction of sp³-hybridized carbons (Fsp3) is 0.158. The molecule has 0 saturated heterocycles. The summed E-state index contributed by atoms with van der Waals surface area (Å²) in [6, 6.07) is 11.3. The van der Waals surface area contributed by atoms with Gasteiger partial charge in [-0.2, -0.15) is 0 Å². The number of halogens is 1. The van der Waals surface area contributed by atoms with E-state index in [-0.39, 0.29) is 24.6 Å². The summed E-state index contributed by atoms with van der Waals surface area (Å²) in [5.74, 6) is -1.90. The van der Waals surface area contributed by atoms with Gasteiger partial charge in [0.1, 0.15) is 12.4 Å². The highest BCUT2D eigenvalue weighted by molar-refractivity contribution is 6.06.